The van der Waals surface area contributed by atoms with Crippen molar-refractivity contribution in [2.45, 2.75) is 26.8 Å². The Balaban J connectivity index is 1.63. The maximum atomic E-state index is 13.7. The molecule has 1 aliphatic heterocycles. The summed E-state index contributed by atoms with van der Waals surface area (Å²) < 4.78 is 26.7. The molecule has 1 atom stereocenters. The topological polar surface area (TPSA) is 111 Å². The van der Waals surface area contributed by atoms with Crippen LogP contribution in [0.1, 0.15) is 47.1 Å². The van der Waals surface area contributed by atoms with Crippen LogP contribution < -0.4 is 14.9 Å². The van der Waals surface area contributed by atoms with E-state index in [9.17, 15) is 23.9 Å². The zero-order valence-electron chi connectivity index (χ0n) is 21.2. The number of carboxylic acid groups (broad SMARTS) is 1. The number of aromatic carboxylic acids is 1. The molecule has 8 nitrogen and oxygen atoms in total. The van der Waals surface area contributed by atoms with E-state index in [2.05, 4.69) is 4.99 Å². The molecule has 0 aliphatic carbocycles. The number of hydrogen-bond acceptors (Lipinski definition) is 7. The van der Waals surface area contributed by atoms with E-state index < -0.39 is 29.4 Å². The Kier molecular flexibility index (Phi) is 6.88. The van der Waals surface area contributed by atoms with Crippen molar-refractivity contribution >= 4 is 29.4 Å². The summed E-state index contributed by atoms with van der Waals surface area (Å²) >= 11 is 1.13. The first-order chi connectivity index (χ1) is 18.7. The predicted octanol–water partition coefficient (Wildman–Crippen LogP) is 4.20. The van der Waals surface area contributed by atoms with Gasteiger partial charge in [-0.1, -0.05) is 35.6 Å². The average Bonchev–Trinajstić information content (AvgIpc) is 3.48. The number of thiazole rings is 1. The van der Waals surface area contributed by atoms with Crippen molar-refractivity contribution in [3.8, 4) is 11.3 Å². The van der Waals surface area contributed by atoms with Crippen molar-refractivity contribution in [2.24, 2.45) is 4.99 Å². The van der Waals surface area contributed by atoms with E-state index in [0.29, 0.717) is 43.2 Å². The second kappa shape index (κ2) is 10.3. The van der Waals surface area contributed by atoms with E-state index in [4.69, 9.17) is 9.15 Å². The third-order valence-electron chi connectivity index (χ3n) is 6.43. The highest BCUT2D eigenvalue weighted by Crippen LogP contribution is 2.31. The number of rotatable bonds is 6. The van der Waals surface area contributed by atoms with Gasteiger partial charge in [0.1, 0.15) is 17.3 Å². The van der Waals surface area contributed by atoms with E-state index in [-0.39, 0.29) is 17.7 Å². The smallest absolute Gasteiger partial charge is 0.338 e. The van der Waals surface area contributed by atoms with Gasteiger partial charge in [-0.05, 0) is 62.2 Å². The molecule has 0 bridgehead atoms. The third kappa shape index (κ3) is 4.74. The minimum atomic E-state index is -1.03. The van der Waals surface area contributed by atoms with Crippen LogP contribution >= 0.6 is 11.3 Å². The van der Waals surface area contributed by atoms with Gasteiger partial charge in [0.2, 0.25) is 0 Å². The zero-order chi connectivity index (χ0) is 27.8. The quantitative estimate of drug-likeness (QED) is 0.363. The molecular formula is C29H23FN2O6S. The van der Waals surface area contributed by atoms with E-state index in [0.717, 1.165) is 11.3 Å². The molecule has 198 valence electrons. The molecule has 10 heteroatoms. The van der Waals surface area contributed by atoms with Gasteiger partial charge in [0, 0.05) is 11.6 Å². The fourth-order valence-electron chi connectivity index (χ4n) is 4.59. The van der Waals surface area contributed by atoms with E-state index in [1.807, 2.05) is 0 Å². The van der Waals surface area contributed by atoms with Crippen molar-refractivity contribution in [1.82, 2.24) is 4.57 Å². The van der Waals surface area contributed by atoms with Crippen molar-refractivity contribution in [2.75, 3.05) is 6.61 Å². The van der Waals surface area contributed by atoms with Crippen molar-refractivity contribution < 1.29 is 28.2 Å². The Hall–Kier alpha value is -4.57. The Morgan fingerprint density at radius 2 is 1.90 bits per heavy atom. The van der Waals surface area contributed by atoms with Crippen LogP contribution in [0.2, 0.25) is 0 Å². The average molecular weight is 547 g/mol. The fraction of sp³-hybridized carbons (Fsp3) is 0.172. The van der Waals surface area contributed by atoms with Gasteiger partial charge in [0.15, 0.2) is 4.80 Å². The van der Waals surface area contributed by atoms with Crippen LogP contribution in [0.15, 0.2) is 80.1 Å². The number of ether oxygens (including phenoxy) is 1. The highest BCUT2D eigenvalue weighted by molar-refractivity contribution is 7.07. The van der Waals surface area contributed by atoms with Gasteiger partial charge in [-0.3, -0.25) is 9.36 Å². The van der Waals surface area contributed by atoms with E-state index in [1.165, 1.54) is 34.9 Å². The van der Waals surface area contributed by atoms with Gasteiger partial charge < -0.3 is 14.3 Å². The number of halogens is 1. The molecule has 39 heavy (non-hydrogen) atoms. The minimum absolute atomic E-state index is 0.145. The number of aromatic nitrogens is 1. The lowest BCUT2D eigenvalue weighted by Crippen LogP contribution is -2.39. The number of furan rings is 1. The van der Waals surface area contributed by atoms with Gasteiger partial charge >= 0.3 is 11.9 Å². The van der Waals surface area contributed by atoms with Crippen LogP contribution in [0, 0.1) is 12.7 Å². The van der Waals surface area contributed by atoms with Gasteiger partial charge in [-0.15, -0.1) is 0 Å². The van der Waals surface area contributed by atoms with E-state index in [1.54, 1.807) is 51.1 Å². The molecule has 1 aliphatic rings. The molecule has 2 aromatic heterocycles. The molecule has 0 amide bonds. The highest BCUT2D eigenvalue weighted by Gasteiger charge is 2.33. The lowest BCUT2D eigenvalue weighted by molar-refractivity contribution is -0.139. The number of benzene rings is 2. The van der Waals surface area contributed by atoms with Gasteiger partial charge in [0.25, 0.3) is 5.56 Å². The summed E-state index contributed by atoms with van der Waals surface area (Å²) in [4.78, 5) is 43.0. The van der Waals surface area contributed by atoms with Crippen LogP contribution in [0.5, 0.6) is 0 Å². The number of allylic oxidation sites excluding steroid dienone is 1. The third-order valence-corrected chi connectivity index (χ3v) is 7.42. The monoisotopic (exact) mass is 546 g/mol. The maximum Gasteiger partial charge on any atom is 0.338 e. The molecular weight excluding hydrogens is 523 g/mol. The fourth-order valence-corrected chi connectivity index (χ4v) is 5.62. The largest absolute Gasteiger partial charge is 0.478 e. The summed E-state index contributed by atoms with van der Waals surface area (Å²) in [6.45, 7) is 5.21. The lowest BCUT2D eigenvalue weighted by Gasteiger charge is -2.24. The van der Waals surface area contributed by atoms with Crippen LogP contribution in [-0.2, 0) is 9.53 Å². The number of esters is 1. The molecule has 4 aromatic rings. The van der Waals surface area contributed by atoms with Crippen LogP contribution in [-0.4, -0.2) is 28.2 Å². The number of fused-ring (bicyclic) bond motifs is 1. The second-order valence-corrected chi connectivity index (χ2v) is 9.85. The first-order valence-electron chi connectivity index (χ1n) is 12.1. The van der Waals surface area contributed by atoms with Crippen molar-refractivity contribution in [1.29, 1.82) is 0 Å². The minimum Gasteiger partial charge on any atom is -0.478 e. The Morgan fingerprint density at radius 3 is 2.59 bits per heavy atom. The van der Waals surface area contributed by atoms with Crippen LogP contribution in [0.3, 0.4) is 0 Å². The molecule has 0 radical (unpaired) electrons. The SMILES string of the molecule is CCOC(=O)C1=C(C)N=c2s/c(=C/c3ccc(-c4cccc(C(=O)O)c4C)o3)c(=O)n2[C@H]1c1ccc(F)cc1. The molecule has 2 aromatic carbocycles. The highest BCUT2D eigenvalue weighted by atomic mass is 32.1. The molecule has 0 unspecified atom stereocenters. The van der Waals surface area contributed by atoms with Gasteiger partial charge in [-0.2, -0.15) is 0 Å². The first-order valence-corrected chi connectivity index (χ1v) is 12.9. The number of hydrogen-bond donors (Lipinski definition) is 1. The molecule has 5 rings (SSSR count). The summed E-state index contributed by atoms with van der Waals surface area (Å²) in [5.41, 5.74) is 2.11. The summed E-state index contributed by atoms with van der Waals surface area (Å²) in [5, 5.41) is 9.43. The predicted molar refractivity (Wildman–Crippen MR) is 143 cm³/mol. The summed E-state index contributed by atoms with van der Waals surface area (Å²) in [5.74, 6) is -1.23. The molecule has 0 spiro atoms. The first kappa shape index (κ1) is 26.1. The zero-order valence-corrected chi connectivity index (χ0v) is 22.0. The number of nitrogens with zero attached hydrogens (tertiary/aromatic N) is 2. The van der Waals surface area contributed by atoms with Gasteiger partial charge in [-0.25, -0.2) is 19.0 Å². The van der Waals surface area contributed by atoms with Crippen molar-refractivity contribution in [3.63, 3.8) is 0 Å². The Morgan fingerprint density at radius 1 is 1.15 bits per heavy atom. The number of carboxylic acids is 1. The summed E-state index contributed by atoms with van der Waals surface area (Å²) in [7, 11) is 0. The van der Waals surface area contributed by atoms with Gasteiger partial charge in [0.05, 0.1) is 34.0 Å². The molecule has 0 saturated carbocycles. The molecule has 1 N–H and O–H groups in total. The van der Waals surface area contributed by atoms with E-state index >= 15 is 0 Å². The van der Waals surface area contributed by atoms with Crippen molar-refractivity contribution in [3.05, 3.63) is 114 Å². The molecule has 0 saturated heterocycles. The Bertz CT molecular complexity index is 1830. The Labute approximate surface area is 225 Å². The number of carbonyl (C=O) groups is 2. The summed E-state index contributed by atoms with van der Waals surface area (Å²) in [6, 6.07) is 13.1. The van der Waals surface area contributed by atoms with Crippen LogP contribution in [0.4, 0.5) is 4.39 Å². The molecule has 3 heterocycles. The summed E-state index contributed by atoms with van der Waals surface area (Å²) in [6.07, 6.45) is 1.58. The van der Waals surface area contributed by atoms with Crippen LogP contribution in [0.25, 0.3) is 17.4 Å². The standard InChI is InChI=1S/C29H23FN2O6S/c1-4-37-28(36)24-16(3)31-29-32(25(24)17-8-10-18(30)11-9-17)26(33)23(39-29)14-19-12-13-22(38-19)20-6-5-7-21(15(20)2)27(34)35/h5-14,25H,4H2,1-3H3,(H,34,35)/b23-14+/t25-/m0/s1. The maximum absolute atomic E-state index is 13.7. The molecule has 0 fully saturated rings. The number of carbonyl (C=O) groups excluding carboxylic acids is 1. The second-order valence-electron chi connectivity index (χ2n) is 8.84. The normalized spacial score (nSPS) is 15.2. The lowest BCUT2D eigenvalue weighted by atomic mass is 9.96.